The molecule has 1 aliphatic rings. The van der Waals surface area contributed by atoms with E-state index in [-0.39, 0.29) is 31.3 Å². The molecule has 1 heterocycles. The summed E-state index contributed by atoms with van der Waals surface area (Å²) in [5.74, 6) is -1.67. The second kappa shape index (κ2) is 7.05. The van der Waals surface area contributed by atoms with Gasteiger partial charge in [-0.3, -0.25) is 19.3 Å². The van der Waals surface area contributed by atoms with Crippen LogP contribution in [0.2, 0.25) is 0 Å². The number of aliphatic carboxylic acids is 1. The minimum absolute atomic E-state index is 0.0277. The Morgan fingerprint density at radius 2 is 2.05 bits per heavy atom. The van der Waals surface area contributed by atoms with E-state index >= 15 is 0 Å². The molecule has 0 aliphatic carbocycles. The van der Waals surface area contributed by atoms with Crippen LogP contribution in [0, 0.1) is 0 Å². The molecular weight excluding hydrogens is 278 g/mol. The van der Waals surface area contributed by atoms with Crippen molar-refractivity contribution in [2.24, 2.45) is 0 Å². The first kappa shape index (κ1) is 16.9. The molecule has 2 N–H and O–H groups in total. The Balaban J connectivity index is 2.59. The summed E-state index contributed by atoms with van der Waals surface area (Å²) in [6.07, 6.45) is 0.264. The summed E-state index contributed by atoms with van der Waals surface area (Å²) in [4.78, 5) is 48.3. The second-order valence-electron chi connectivity index (χ2n) is 5.28. The molecular formula is C13H21N3O5. The number of carbonyl (C=O) groups excluding carboxylic acids is 3. The highest BCUT2D eigenvalue weighted by Gasteiger charge is 2.37. The first-order chi connectivity index (χ1) is 9.73. The number of likely N-dealkylation sites (tertiary alicyclic amines) is 1. The second-order valence-corrected chi connectivity index (χ2v) is 5.28. The Hall–Kier alpha value is -2.12. The predicted molar refractivity (Wildman–Crippen MR) is 73.4 cm³/mol. The van der Waals surface area contributed by atoms with Crippen LogP contribution in [-0.4, -0.2) is 64.4 Å². The average molecular weight is 299 g/mol. The van der Waals surface area contributed by atoms with Crippen LogP contribution in [0.25, 0.3) is 0 Å². The summed E-state index contributed by atoms with van der Waals surface area (Å²) in [5, 5.41) is 11.2. The minimum Gasteiger partial charge on any atom is -0.481 e. The van der Waals surface area contributed by atoms with Gasteiger partial charge in [0, 0.05) is 26.1 Å². The highest BCUT2D eigenvalue weighted by molar-refractivity contribution is 6.06. The Labute approximate surface area is 123 Å². The van der Waals surface area contributed by atoms with Gasteiger partial charge in [0.2, 0.25) is 5.91 Å². The molecule has 0 aromatic rings. The molecule has 118 valence electrons. The molecule has 1 fully saturated rings. The van der Waals surface area contributed by atoms with Crippen molar-refractivity contribution in [3.63, 3.8) is 0 Å². The van der Waals surface area contributed by atoms with Gasteiger partial charge in [-0.25, -0.2) is 4.79 Å². The van der Waals surface area contributed by atoms with Crippen LogP contribution in [0.1, 0.15) is 33.1 Å². The molecule has 1 unspecified atom stereocenters. The maximum atomic E-state index is 12.2. The van der Waals surface area contributed by atoms with Gasteiger partial charge in [-0.15, -0.1) is 0 Å². The molecule has 8 heteroatoms. The zero-order valence-corrected chi connectivity index (χ0v) is 12.5. The van der Waals surface area contributed by atoms with E-state index in [1.54, 1.807) is 13.8 Å². The summed E-state index contributed by atoms with van der Waals surface area (Å²) in [7, 11) is 1.38. The van der Waals surface area contributed by atoms with Crippen LogP contribution in [0.5, 0.6) is 0 Å². The summed E-state index contributed by atoms with van der Waals surface area (Å²) in [6.45, 7) is 3.88. The number of nitrogens with one attached hydrogen (secondary N) is 1. The fourth-order valence-corrected chi connectivity index (χ4v) is 2.10. The fraction of sp³-hybridized carbons (Fsp3) is 0.692. The molecule has 21 heavy (non-hydrogen) atoms. The quantitative estimate of drug-likeness (QED) is 0.673. The number of imide groups is 1. The van der Waals surface area contributed by atoms with Gasteiger partial charge < -0.3 is 15.3 Å². The van der Waals surface area contributed by atoms with E-state index in [1.807, 2.05) is 0 Å². The van der Waals surface area contributed by atoms with Crippen LogP contribution in [0.3, 0.4) is 0 Å². The third-order valence-corrected chi connectivity index (χ3v) is 3.35. The topological polar surface area (TPSA) is 107 Å². The minimum atomic E-state index is -0.919. The Bertz CT molecular complexity index is 449. The van der Waals surface area contributed by atoms with Crippen LogP contribution < -0.4 is 5.32 Å². The largest absolute Gasteiger partial charge is 0.481 e. The van der Waals surface area contributed by atoms with Crippen molar-refractivity contribution >= 4 is 23.8 Å². The lowest BCUT2D eigenvalue weighted by Gasteiger charge is -2.27. The molecule has 1 rings (SSSR count). The summed E-state index contributed by atoms with van der Waals surface area (Å²) < 4.78 is 0. The monoisotopic (exact) mass is 299 g/mol. The van der Waals surface area contributed by atoms with Crippen molar-refractivity contribution in [3.8, 4) is 0 Å². The molecule has 0 radical (unpaired) electrons. The first-order valence-electron chi connectivity index (χ1n) is 6.83. The zero-order chi connectivity index (χ0) is 16.2. The number of amides is 4. The number of rotatable bonds is 6. The average Bonchev–Trinajstić information content (AvgIpc) is 2.61. The Kier molecular flexibility index (Phi) is 5.69. The maximum absolute atomic E-state index is 12.2. The van der Waals surface area contributed by atoms with Crippen molar-refractivity contribution in [2.45, 2.75) is 45.2 Å². The normalized spacial score (nSPS) is 18.3. The van der Waals surface area contributed by atoms with Gasteiger partial charge in [0.1, 0.15) is 6.04 Å². The summed E-state index contributed by atoms with van der Waals surface area (Å²) in [5.41, 5.74) is 0. The molecule has 4 amide bonds. The third-order valence-electron chi connectivity index (χ3n) is 3.35. The van der Waals surface area contributed by atoms with Crippen LogP contribution in [0.15, 0.2) is 0 Å². The highest BCUT2D eigenvalue weighted by Crippen LogP contribution is 2.12. The zero-order valence-electron chi connectivity index (χ0n) is 12.5. The first-order valence-corrected chi connectivity index (χ1v) is 6.83. The van der Waals surface area contributed by atoms with E-state index in [0.717, 1.165) is 4.90 Å². The predicted octanol–water partition coefficient (Wildman–Crippen LogP) is 0.0285. The Morgan fingerprint density at radius 3 is 2.48 bits per heavy atom. The van der Waals surface area contributed by atoms with Gasteiger partial charge in [-0.05, 0) is 20.3 Å². The van der Waals surface area contributed by atoms with E-state index in [1.165, 1.54) is 11.9 Å². The van der Waals surface area contributed by atoms with E-state index in [4.69, 9.17) is 5.11 Å². The summed E-state index contributed by atoms with van der Waals surface area (Å²) in [6, 6.07) is -1.43. The van der Waals surface area contributed by atoms with E-state index < -0.39 is 23.9 Å². The molecule has 1 atom stereocenters. The van der Waals surface area contributed by atoms with Crippen LogP contribution in [0.4, 0.5) is 4.79 Å². The number of hydrogen-bond donors (Lipinski definition) is 2. The third kappa shape index (κ3) is 4.44. The molecule has 0 aromatic heterocycles. The number of nitrogens with zero attached hydrogens (tertiary/aromatic N) is 2. The number of carboxylic acid groups (broad SMARTS) is 1. The number of urea groups is 1. The van der Waals surface area contributed by atoms with Gasteiger partial charge in [0.25, 0.3) is 5.91 Å². The molecule has 0 spiro atoms. The van der Waals surface area contributed by atoms with Gasteiger partial charge in [-0.2, -0.15) is 0 Å². The molecule has 0 saturated carbocycles. The van der Waals surface area contributed by atoms with E-state index in [9.17, 15) is 19.2 Å². The van der Waals surface area contributed by atoms with Crippen LogP contribution >= 0.6 is 0 Å². The molecule has 0 aromatic carbocycles. The lowest BCUT2D eigenvalue weighted by atomic mass is 10.2. The van der Waals surface area contributed by atoms with Crippen molar-refractivity contribution in [2.75, 3.05) is 13.6 Å². The number of hydrogen-bond acceptors (Lipinski definition) is 4. The standard InChI is InChI=1S/C13H21N3O5/c1-8(2)16(6-4-5-11(18)19)13(21)14-9-7-10(17)15(3)12(9)20/h8-9H,4-7H2,1-3H3,(H,14,21)(H,18,19). The lowest BCUT2D eigenvalue weighted by molar-refractivity contribution is -0.138. The molecule has 0 bridgehead atoms. The van der Waals surface area contributed by atoms with Gasteiger partial charge in [0.05, 0.1) is 6.42 Å². The van der Waals surface area contributed by atoms with Crippen molar-refractivity contribution < 1.29 is 24.3 Å². The Morgan fingerprint density at radius 1 is 1.43 bits per heavy atom. The van der Waals surface area contributed by atoms with Crippen LogP contribution in [-0.2, 0) is 14.4 Å². The van der Waals surface area contributed by atoms with E-state index in [2.05, 4.69) is 5.32 Å². The summed E-state index contributed by atoms with van der Waals surface area (Å²) >= 11 is 0. The molecule has 8 nitrogen and oxygen atoms in total. The lowest BCUT2D eigenvalue weighted by Crippen LogP contribution is -2.50. The number of carbonyl (C=O) groups is 4. The maximum Gasteiger partial charge on any atom is 0.318 e. The van der Waals surface area contributed by atoms with Gasteiger partial charge >= 0.3 is 12.0 Å². The molecule has 1 saturated heterocycles. The fourth-order valence-electron chi connectivity index (χ4n) is 2.10. The van der Waals surface area contributed by atoms with Gasteiger partial charge in [0.15, 0.2) is 0 Å². The number of carboxylic acids is 1. The number of likely N-dealkylation sites (N-methyl/N-ethyl adjacent to an activating group) is 1. The highest BCUT2D eigenvalue weighted by atomic mass is 16.4. The van der Waals surface area contributed by atoms with E-state index in [0.29, 0.717) is 6.42 Å². The SMILES string of the molecule is CC(C)N(CCCC(=O)O)C(=O)NC1CC(=O)N(C)C1=O. The van der Waals surface area contributed by atoms with Crippen molar-refractivity contribution in [1.29, 1.82) is 0 Å². The molecule has 1 aliphatic heterocycles. The van der Waals surface area contributed by atoms with Gasteiger partial charge in [-0.1, -0.05) is 0 Å². The van der Waals surface area contributed by atoms with Crippen molar-refractivity contribution in [3.05, 3.63) is 0 Å². The van der Waals surface area contributed by atoms with Crippen molar-refractivity contribution in [1.82, 2.24) is 15.1 Å². The smallest absolute Gasteiger partial charge is 0.318 e.